The van der Waals surface area contributed by atoms with Crippen LogP contribution in [0.2, 0.25) is 0 Å². The molecule has 7 nitrogen and oxygen atoms in total. The minimum atomic E-state index is -0.354. The van der Waals surface area contributed by atoms with E-state index in [1.807, 2.05) is 12.3 Å². The summed E-state index contributed by atoms with van der Waals surface area (Å²) in [5.41, 5.74) is 0. The van der Waals surface area contributed by atoms with Gasteiger partial charge in [-0.2, -0.15) is 5.10 Å². The normalized spacial score (nSPS) is 18.9. The van der Waals surface area contributed by atoms with Crippen LogP contribution < -0.4 is 10.6 Å². The number of hydrogen-bond acceptors (Lipinski definition) is 4. The maximum atomic E-state index is 12.1. The van der Waals surface area contributed by atoms with Crippen LogP contribution in [-0.2, 0) is 16.1 Å². The molecule has 7 heteroatoms. The molecule has 0 radical (unpaired) electrons. The summed E-state index contributed by atoms with van der Waals surface area (Å²) in [4.78, 5) is 26.4. The van der Waals surface area contributed by atoms with Crippen LogP contribution in [0.25, 0.3) is 0 Å². The molecule has 0 spiro atoms. The molecule has 1 unspecified atom stereocenters. The third-order valence-electron chi connectivity index (χ3n) is 4.04. The summed E-state index contributed by atoms with van der Waals surface area (Å²) in [6, 6.07) is 1.49. The average molecular weight is 321 g/mol. The van der Waals surface area contributed by atoms with E-state index in [0.29, 0.717) is 25.6 Å². The van der Waals surface area contributed by atoms with Crippen molar-refractivity contribution in [2.24, 2.45) is 5.92 Å². The van der Waals surface area contributed by atoms with E-state index in [2.05, 4.69) is 34.5 Å². The van der Waals surface area contributed by atoms with Crippen LogP contribution in [0.5, 0.6) is 0 Å². The molecule has 23 heavy (non-hydrogen) atoms. The third-order valence-corrected chi connectivity index (χ3v) is 4.04. The van der Waals surface area contributed by atoms with Gasteiger partial charge in [-0.05, 0) is 24.9 Å². The third kappa shape index (κ3) is 5.67. The van der Waals surface area contributed by atoms with Gasteiger partial charge < -0.3 is 10.6 Å². The van der Waals surface area contributed by atoms with Crippen molar-refractivity contribution in [3.8, 4) is 0 Å². The van der Waals surface area contributed by atoms with Crippen molar-refractivity contribution in [2.45, 2.75) is 39.3 Å². The van der Waals surface area contributed by atoms with Crippen molar-refractivity contribution in [1.82, 2.24) is 25.3 Å². The van der Waals surface area contributed by atoms with Crippen LogP contribution in [0, 0.1) is 5.92 Å². The molecule has 1 saturated heterocycles. The van der Waals surface area contributed by atoms with E-state index in [1.54, 1.807) is 10.9 Å². The van der Waals surface area contributed by atoms with Gasteiger partial charge in [0.2, 0.25) is 11.8 Å². The number of carbonyl (C=O) groups excluding carboxylic acids is 2. The van der Waals surface area contributed by atoms with Gasteiger partial charge >= 0.3 is 0 Å². The number of amides is 2. The van der Waals surface area contributed by atoms with Gasteiger partial charge in [0.05, 0.1) is 19.0 Å². The second-order valence-electron chi connectivity index (χ2n) is 6.35. The van der Waals surface area contributed by atoms with Gasteiger partial charge in [0.25, 0.3) is 0 Å². The van der Waals surface area contributed by atoms with Gasteiger partial charge in [-0.1, -0.05) is 13.8 Å². The van der Waals surface area contributed by atoms with Crippen molar-refractivity contribution < 1.29 is 9.59 Å². The molecule has 0 aromatic carbocycles. The Labute approximate surface area is 137 Å². The number of aromatic nitrogens is 2. The molecule has 2 amide bonds. The van der Waals surface area contributed by atoms with Crippen molar-refractivity contribution in [2.75, 3.05) is 26.2 Å². The predicted molar refractivity (Wildman–Crippen MR) is 87.7 cm³/mol. The van der Waals surface area contributed by atoms with Crippen LogP contribution in [-0.4, -0.2) is 58.7 Å². The highest BCUT2D eigenvalue weighted by Crippen LogP contribution is 2.12. The zero-order chi connectivity index (χ0) is 16.7. The fourth-order valence-corrected chi connectivity index (χ4v) is 2.67. The molecule has 2 N–H and O–H groups in total. The van der Waals surface area contributed by atoms with E-state index in [4.69, 9.17) is 0 Å². The SMILES string of the molecule is CC(C)CCN1CCNC(=O)C1CC(=O)NCCn1cccn1. The molecule has 2 heterocycles. The van der Waals surface area contributed by atoms with Gasteiger partial charge in [-0.15, -0.1) is 0 Å². The van der Waals surface area contributed by atoms with Gasteiger partial charge in [0.1, 0.15) is 0 Å². The molecule has 1 fully saturated rings. The maximum absolute atomic E-state index is 12.1. The summed E-state index contributed by atoms with van der Waals surface area (Å²) in [6.07, 6.45) is 4.81. The molecule has 1 aliphatic rings. The Balaban J connectivity index is 1.79. The van der Waals surface area contributed by atoms with Crippen molar-refractivity contribution >= 4 is 11.8 Å². The number of rotatable bonds is 8. The minimum Gasteiger partial charge on any atom is -0.354 e. The lowest BCUT2D eigenvalue weighted by molar-refractivity contribution is -0.134. The Morgan fingerprint density at radius 1 is 1.48 bits per heavy atom. The lowest BCUT2D eigenvalue weighted by Gasteiger charge is -2.35. The first-order valence-corrected chi connectivity index (χ1v) is 8.32. The fraction of sp³-hybridized carbons (Fsp3) is 0.688. The summed E-state index contributed by atoms with van der Waals surface area (Å²) in [6.45, 7) is 7.81. The highest BCUT2D eigenvalue weighted by Gasteiger charge is 2.31. The van der Waals surface area contributed by atoms with Crippen molar-refractivity contribution in [3.63, 3.8) is 0 Å². The Hall–Kier alpha value is -1.89. The van der Waals surface area contributed by atoms with E-state index >= 15 is 0 Å². The van der Waals surface area contributed by atoms with Crippen molar-refractivity contribution in [3.05, 3.63) is 18.5 Å². The monoisotopic (exact) mass is 321 g/mol. The first-order chi connectivity index (χ1) is 11.1. The van der Waals surface area contributed by atoms with Gasteiger partial charge in [0.15, 0.2) is 0 Å². The number of nitrogens with one attached hydrogen (secondary N) is 2. The zero-order valence-electron chi connectivity index (χ0n) is 14.0. The highest BCUT2D eigenvalue weighted by molar-refractivity contribution is 5.88. The molecule has 1 aromatic rings. The van der Waals surface area contributed by atoms with E-state index in [9.17, 15) is 9.59 Å². The number of nitrogens with zero attached hydrogens (tertiary/aromatic N) is 3. The van der Waals surface area contributed by atoms with Crippen LogP contribution in [0.15, 0.2) is 18.5 Å². The van der Waals surface area contributed by atoms with E-state index < -0.39 is 0 Å². The number of carbonyl (C=O) groups is 2. The van der Waals surface area contributed by atoms with Crippen LogP contribution in [0.4, 0.5) is 0 Å². The molecule has 1 aliphatic heterocycles. The first-order valence-electron chi connectivity index (χ1n) is 8.32. The summed E-state index contributed by atoms with van der Waals surface area (Å²) in [7, 11) is 0. The average Bonchev–Trinajstić information content (AvgIpc) is 3.01. The smallest absolute Gasteiger partial charge is 0.237 e. The largest absolute Gasteiger partial charge is 0.354 e. The van der Waals surface area contributed by atoms with Crippen LogP contribution in [0.3, 0.4) is 0 Å². The predicted octanol–water partition coefficient (Wildman–Crippen LogP) is 0.236. The fourth-order valence-electron chi connectivity index (χ4n) is 2.67. The van der Waals surface area contributed by atoms with Crippen LogP contribution in [0.1, 0.15) is 26.7 Å². The Kier molecular flexibility index (Phi) is 6.58. The van der Waals surface area contributed by atoms with Gasteiger partial charge in [-0.25, -0.2) is 0 Å². The topological polar surface area (TPSA) is 79.3 Å². The second-order valence-corrected chi connectivity index (χ2v) is 6.35. The van der Waals surface area contributed by atoms with E-state index in [-0.39, 0.29) is 24.3 Å². The molecular formula is C16H27N5O2. The summed E-state index contributed by atoms with van der Waals surface area (Å²) in [5, 5.41) is 9.81. The van der Waals surface area contributed by atoms with E-state index in [0.717, 1.165) is 19.5 Å². The first kappa shape index (κ1) is 17.5. The minimum absolute atomic E-state index is 0.0396. The van der Waals surface area contributed by atoms with Gasteiger partial charge in [0, 0.05) is 32.0 Å². The Morgan fingerprint density at radius 2 is 2.30 bits per heavy atom. The second kappa shape index (κ2) is 8.67. The van der Waals surface area contributed by atoms with Gasteiger partial charge in [-0.3, -0.25) is 19.2 Å². The molecule has 0 bridgehead atoms. The van der Waals surface area contributed by atoms with Crippen LogP contribution >= 0.6 is 0 Å². The molecule has 0 aliphatic carbocycles. The lowest BCUT2D eigenvalue weighted by atomic mass is 10.1. The molecule has 0 saturated carbocycles. The Morgan fingerprint density at radius 3 is 3.00 bits per heavy atom. The molecule has 1 aromatic heterocycles. The number of piperazine rings is 1. The summed E-state index contributed by atoms with van der Waals surface area (Å²) < 4.78 is 1.77. The number of hydrogen-bond donors (Lipinski definition) is 2. The summed E-state index contributed by atoms with van der Waals surface area (Å²) >= 11 is 0. The highest BCUT2D eigenvalue weighted by atomic mass is 16.2. The quantitative estimate of drug-likeness (QED) is 0.719. The zero-order valence-corrected chi connectivity index (χ0v) is 14.0. The Bertz CT molecular complexity index is 501. The standard InChI is InChI=1S/C16H27N5O2/c1-13(2)4-9-20-10-6-18-16(23)14(20)12-15(22)17-7-11-21-8-3-5-19-21/h3,5,8,13-14H,4,6-7,9-12H2,1-2H3,(H,17,22)(H,18,23). The molecule has 128 valence electrons. The lowest BCUT2D eigenvalue weighted by Crippen LogP contribution is -2.56. The molecule has 2 rings (SSSR count). The molecule has 1 atom stereocenters. The maximum Gasteiger partial charge on any atom is 0.237 e. The van der Waals surface area contributed by atoms with E-state index in [1.165, 1.54) is 0 Å². The van der Waals surface area contributed by atoms with Crippen molar-refractivity contribution in [1.29, 1.82) is 0 Å². The summed E-state index contributed by atoms with van der Waals surface area (Å²) in [5.74, 6) is 0.458. The molecular weight excluding hydrogens is 294 g/mol.